The summed E-state index contributed by atoms with van der Waals surface area (Å²) in [4.78, 5) is 0. The van der Waals surface area contributed by atoms with E-state index in [1.54, 1.807) is 0 Å². The zero-order chi connectivity index (χ0) is 11.0. The van der Waals surface area contributed by atoms with Crippen molar-refractivity contribution >= 4 is 15.9 Å². The summed E-state index contributed by atoms with van der Waals surface area (Å²) in [5, 5.41) is 38.0. The van der Waals surface area contributed by atoms with Crippen LogP contribution in [0, 0.1) is 0 Å². The number of ether oxygens (including phenoxy) is 1. The molecule has 1 heterocycles. The molecule has 0 aliphatic carbocycles. The maximum atomic E-state index is 9.82. The van der Waals surface area contributed by atoms with Gasteiger partial charge in [0.05, 0.1) is 6.61 Å². The Balaban J connectivity index is 2.86. The first kappa shape index (κ1) is 12.4. The average molecular weight is 271 g/mol. The van der Waals surface area contributed by atoms with Gasteiger partial charge in [-0.05, 0) is 15.9 Å². The Morgan fingerprint density at radius 3 is 2.36 bits per heavy atom. The highest BCUT2D eigenvalue weighted by Gasteiger charge is 2.61. The number of halogens is 1. The molecule has 1 saturated heterocycles. The lowest BCUT2D eigenvalue weighted by Gasteiger charge is -2.27. The zero-order valence-electron chi connectivity index (χ0n) is 7.85. The number of hydrogen-bond donors (Lipinski definition) is 4. The number of hydrogen-bond acceptors (Lipinski definition) is 5. The Labute approximate surface area is 90.4 Å². The van der Waals surface area contributed by atoms with Crippen molar-refractivity contribution < 1.29 is 25.2 Å². The van der Waals surface area contributed by atoms with Crippen LogP contribution in [0.15, 0.2) is 0 Å². The molecule has 0 aromatic rings. The molecule has 6 heteroatoms. The van der Waals surface area contributed by atoms with Crippen molar-refractivity contribution in [2.75, 3.05) is 6.61 Å². The standard InChI is InChI=1S/C8H15BrO5/c1-2-3-7(12)6(11)8(9,13)5(4-10)14-7/h5-6,10-13H,2-4H2,1H3/t5-,6+,7?,8-/m1/s1. The largest absolute Gasteiger partial charge is 0.394 e. The first-order valence-electron chi connectivity index (χ1n) is 4.49. The highest BCUT2D eigenvalue weighted by molar-refractivity contribution is 9.10. The van der Waals surface area contributed by atoms with Crippen LogP contribution in [0.2, 0.25) is 0 Å². The first-order valence-corrected chi connectivity index (χ1v) is 5.28. The van der Waals surface area contributed by atoms with Crippen molar-refractivity contribution in [3.8, 4) is 0 Å². The van der Waals surface area contributed by atoms with Crippen LogP contribution in [0.3, 0.4) is 0 Å². The summed E-state index contributed by atoms with van der Waals surface area (Å²) in [6, 6.07) is 0. The van der Waals surface area contributed by atoms with Gasteiger partial charge in [0, 0.05) is 6.42 Å². The smallest absolute Gasteiger partial charge is 0.196 e. The van der Waals surface area contributed by atoms with Gasteiger partial charge in [0.15, 0.2) is 10.3 Å². The van der Waals surface area contributed by atoms with E-state index in [1.807, 2.05) is 6.92 Å². The molecular weight excluding hydrogens is 256 g/mol. The van der Waals surface area contributed by atoms with Crippen LogP contribution in [0.1, 0.15) is 19.8 Å². The summed E-state index contributed by atoms with van der Waals surface area (Å²) in [6.07, 6.45) is -1.73. The second-order valence-electron chi connectivity index (χ2n) is 3.51. The summed E-state index contributed by atoms with van der Waals surface area (Å²) in [5.74, 6) is -1.79. The minimum Gasteiger partial charge on any atom is -0.394 e. The van der Waals surface area contributed by atoms with Crippen molar-refractivity contribution in [2.45, 2.75) is 42.3 Å². The number of alkyl halides is 1. The van der Waals surface area contributed by atoms with Crippen LogP contribution in [0.5, 0.6) is 0 Å². The maximum absolute atomic E-state index is 9.82. The summed E-state index contributed by atoms with van der Waals surface area (Å²) in [6.45, 7) is 1.33. The molecule has 1 rings (SSSR count). The van der Waals surface area contributed by atoms with Crippen LogP contribution in [-0.4, -0.2) is 49.5 Å². The molecule has 5 nitrogen and oxygen atoms in total. The molecule has 0 aromatic heterocycles. The highest BCUT2D eigenvalue weighted by atomic mass is 79.9. The molecule has 0 saturated carbocycles. The van der Waals surface area contributed by atoms with Crippen molar-refractivity contribution in [2.24, 2.45) is 0 Å². The molecule has 1 aliphatic rings. The normalized spacial score (nSPS) is 48.4. The van der Waals surface area contributed by atoms with Gasteiger partial charge >= 0.3 is 0 Å². The van der Waals surface area contributed by atoms with E-state index in [4.69, 9.17) is 9.84 Å². The lowest BCUT2D eigenvalue weighted by atomic mass is 10.0. The fourth-order valence-corrected chi connectivity index (χ4v) is 2.20. The van der Waals surface area contributed by atoms with Gasteiger partial charge in [-0.15, -0.1) is 0 Å². The molecule has 1 unspecified atom stereocenters. The molecule has 1 fully saturated rings. The summed E-state index contributed by atoms with van der Waals surface area (Å²) >= 11 is 2.84. The summed E-state index contributed by atoms with van der Waals surface area (Å²) in [7, 11) is 0. The molecule has 0 amide bonds. The van der Waals surface area contributed by atoms with Crippen LogP contribution in [-0.2, 0) is 4.74 Å². The number of aliphatic hydroxyl groups is 4. The average Bonchev–Trinajstić information content (AvgIpc) is 2.28. The molecule has 0 aromatic carbocycles. The van der Waals surface area contributed by atoms with Crippen molar-refractivity contribution in [3.63, 3.8) is 0 Å². The third-order valence-corrected chi connectivity index (χ3v) is 3.33. The lowest BCUT2D eigenvalue weighted by Crippen LogP contribution is -2.48. The summed E-state index contributed by atoms with van der Waals surface area (Å²) < 4.78 is 3.22. The predicted molar refractivity (Wildman–Crippen MR) is 51.7 cm³/mol. The van der Waals surface area contributed by atoms with Crippen LogP contribution >= 0.6 is 15.9 Å². The molecule has 1 aliphatic heterocycles. The van der Waals surface area contributed by atoms with Gasteiger partial charge in [-0.2, -0.15) is 0 Å². The van der Waals surface area contributed by atoms with E-state index >= 15 is 0 Å². The molecular formula is C8H15BrO5. The van der Waals surface area contributed by atoms with Crippen LogP contribution in [0.4, 0.5) is 0 Å². The van der Waals surface area contributed by atoms with E-state index in [0.717, 1.165) is 0 Å². The van der Waals surface area contributed by atoms with Gasteiger partial charge in [0.25, 0.3) is 0 Å². The molecule has 4 atom stereocenters. The van der Waals surface area contributed by atoms with Gasteiger partial charge in [-0.3, -0.25) is 0 Å². The fraction of sp³-hybridized carbons (Fsp3) is 1.00. The van der Waals surface area contributed by atoms with E-state index in [9.17, 15) is 15.3 Å². The van der Waals surface area contributed by atoms with E-state index in [1.165, 1.54) is 0 Å². The zero-order valence-corrected chi connectivity index (χ0v) is 9.44. The Morgan fingerprint density at radius 2 is 2.00 bits per heavy atom. The Morgan fingerprint density at radius 1 is 1.43 bits per heavy atom. The van der Waals surface area contributed by atoms with Gasteiger partial charge < -0.3 is 25.2 Å². The lowest BCUT2D eigenvalue weighted by molar-refractivity contribution is -0.234. The van der Waals surface area contributed by atoms with E-state index in [2.05, 4.69) is 15.9 Å². The molecule has 0 radical (unpaired) electrons. The molecule has 0 bridgehead atoms. The van der Waals surface area contributed by atoms with E-state index in [-0.39, 0.29) is 6.42 Å². The number of rotatable bonds is 3. The number of aliphatic hydroxyl groups excluding tert-OH is 2. The fourth-order valence-electron chi connectivity index (χ4n) is 1.60. The summed E-state index contributed by atoms with van der Waals surface area (Å²) in [5.41, 5.74) is 0. The van der Waals surface area contributed by atoms with Crippen molar-refractivity contribution in [1.82, 2.24) is 0 Å². The minimum absolute atomic E-state index is 0.193. The highest BCUT2D eigenvalue weighted by Crippen LogP contribution is 2.42. The maximum Gasteiger partial charge on any atom is 0.196 e. The Hall–Kier alpha value is 0.280. The van der Waals surface area contributed by atoms with E-state index in [0.29, 0.717) is 6.42 Å². The molecule has 84 valence electrons. The third kappa shape index (κ3) is 1.82. The van der Waals surface area contributed by atoms with Crippen molar-refractivity contribution in [3.05, 3.63) is 0 Å². The molecule has 0 spiro atoms. The topological polar surface area (TPSA) is 90.2 Å². The van der Waals surface area contributed by atoms with Gasteiger partial charge in [-0.1, -0.05) is 13.3 Å². The van der Waals surface area contributed by atoms with Crippen LogP contribution < -0.4 is 0 Å². The predicted octanol–water partition coefficient (Wildman–Crippen LogP) is -0.689. The Bertz CT molecular complexity index is 210. The van der Waals surface area contributed by atoms with Gasteiger partial charge in [0.1, 0.15) is 12.2 Å². The second-order valence-corrected chi connectivity index (χ2v) is 4.78. The SMILES string of the molecule is CCCC1(O)O[C@H](CO)[C@](O)(Br)[C@H]1O. The minimum atomic E-state index is -1.80. The van der Waals surface area contributed by atoms with E-state index < -0.39 is 29.1 Å². The Kier molecular flexibility index (Phi) is 3.56. The van der Waals surface area contributed by atoms with Gasteiger partial charge in [-0.25, -0.2) is 0 Å². The third-order valence-electron chi connectivity index (χ3n) is 2.38. The quantitative estimate of drug-likeness (QED) is 0.510. The monoisotopic (exact) mass is 270 g/mol. The van der Waals surface area contributed by atoms with Gasteiger partial charge in [0.2, 0.25) is 0 Å². The molecule has 4 N–H and O–H groups in total. The van der Waals surface area contributed by atoms with Crippen molar-refractivity contribution in [1.29, 1.82) is 0 Å². The first-order chi connectivity index (χ1) is 6.38. The second kappa shape index (κ2) is 4.03. The molecule has 14 heavy (non-hydrogen) atoms. The van der Waals surface area contributed by atoms with Crippen LogP contribution in [0.25, 0.3) is 0 Å².